The zero-order valence-corrected chi connectivity index (χ0v) is 10.6. The first-order valence-electron chi connectivity index (χ1n) is 5.79. The van der Waals surface area contributed by atoms with Crippen molar-refractivity contribution in [1.29, 1.82) is 0 Å². The zero-order chi connectivity index (χ0) is 11.8. The molecule has 2 rings (SSSR count). The number of hydrogen-bond acceptors (Lipinski definition) is 4. The summed E-state index contributed by atoms with van der Waals surface area (Å²) in [6, 6.07) is 0. The maximum Gasteiger partial charge on any atom is 0.314 e. The van der Waals surface area contributed by atoms with Crippen molar-refractivity contribution in [3.05, 3.63) is 10.7 Å². The molecular formula is C11H19N3OS. The summed E-state index contributed by atoms with van der Waals surface area (Å²) in [6.45, 7) is 5.30. The third kappa shape index (κ3) is 2.20. The van der Waals surface area contributed by atoms with Crippen molar-refractivity contribution in [3.63, 3.8) is 0 Å². The Kier molecular flexibility index (Phi) is 3.17. The molecule has 1 saturated carbocycles. The SMILES string of the molecule is C[C@@H]1CC(CN)(Cc2nc(=S)o[nH]2)C[C@@H]1C. The second kappa shape index (κ2) is 4.30. The molecule has 1 aromatic heterocycles. The van der Waals surface area contributed by atoms with Gasteiger partial charge in [0, 0.05) is 6.42 Å². The summed E-state index contributed by atoms with van der Waals surface area (Å²) in [5, 5.41) is 2.78. The Hall–Kier alpha value is -0.680. The van der Waals surface area contributed by atoms with Crippen LogP contribution in [-0.4, -0.2) is 16.7 Å². The van der Waals surface area contributed by atoms with Crippen molar-refractivity contribution in [2.75, 3.05) is 6.54 Å². The molecule has 3 atom stereocenters. The molecular weight excluding hydrogens is 222 g/mol. The third-order valence-electron chi connectivity index (χ3n) is 3.94. The van der Waals surface area contributed by atoms with Gasteiger partial charge in [0.2, 0.25) is 0 Å². The number of nitrogens with zero attached hydrogens (tertiary/aromatic N) is 1. The van der Waals surface area contributed by atoms with Gasteiger partial charge in [0.1, 0.15) is 5.82 Å². The van der Waals surface area contributed by atoms with Crippen molar-refractivity contribution < 1.29 is 4.52 Å². The smallest absolute Gasteiger partial charge is 0.314 e. The van der Waals surface area contributed by atoms with Gasteiger partial charge in [0.25, 0.3) is 0 Å². The van der Waals surface area contributed by atoms with Crippen LogP contribution in [0.5, 0.6) is 0 Å². The molecule has 1 aromatic rings. The Bertz CT molecular complexity index is 401. The lowest BCUT2D eigenvalue weighted by Crippen LogP contribution is -2.30. The fourth-order valence-corrected chi connectivity index (χ4v) is 3.08. The monoisotopic (exact) mass is 241 g/mol. The number of nitrogens with two attached hydrogens (primary N) is 1. The van der Waals surface area contributed by atoms with Crippen LogP contribution in [0.1, 0.15) is 32.5 Å². The van der Waals surface area contributed by atoms with Crippen molar-refractivity contribution >= 4 is 12.2 Å². The summed E-state index contributed by atoms with van der Waals surface area (Å²) in [5.41, 5.74) is 6.12. The molecule has 1 heterocycles. The zero-order valence-electron chi connectivity index (χ0n) is 9.82. The molecule has 0 saturated heterocycles. The molecule has 0 bridgehead atoms. The second-order valence-electron chi connectivity index (χ2n) is 5.27. The normalized spacial score (nSPS) is 34.4. The topological polar surface area (TPSA) is 67.8 Å². The lowest BCUT2D eigenvalue weighted by molar-refractivity contribution is 0.279. The molecule has 0 amide bonds. The van der Waals surface area contributed by atoms with Crippen LogP contribution in [-0.2, 0) is 6.42 Å². The van der Waals surface area contributed by atoms with E-state index in [1.807, 2.05) is 0 Å². The summed E-state index contributed by atoms with van der Waals surface area (Å²) < 4.78 is 4.96. The molecule has 1 fully saturated rings. The third-order valence-corrected chi connectivity index (χ3v) is 4.11. The molecule has 0 radical (unpaired) electrons. The lowest BCUT2D eigenvalue weighted by atomic mass is 9.81. The summed E-state index contributed by atoms with van der Waals surface area (Å²) in [5.74, 6) is 2.30. The van der Waals surface area contributed by atoms with E-state index in [4.69, 9.17) is 22.5 Å². The van der Waals surface area contributed by atoms with Gasteiger partial charge in [-0.1, -0.05) is 13.8 Å². The van der Waals surface area contributed by atoms with Gasteiger partial charge in [-0.25, -0.2) is 5.16 Å². The lowest BCUT2D eigenvalue weighted by Gasteiger charge is -2.26. The number of hydrogen-bond donors (Lipinski definition) is 2. The van der Waals surface area contributed by atoms with Crippen molar-refractivity contribution in [3.8, 4) is 0 Å². The first kappa shape index (κ1) is 11.8. The second-order valence-corrected chi connectivity index (χ2v) is 5.62. The summed E-state index contributed by atoms with van der Waals surface area (Å²) in [7, 11) is 0. The van der Waals surface area contributed by atoms with Crippen molar-refractivity contribution in [2.24, 2.45) is 23.0 Å². The van der Waals surface area contributed by atoms with Crippen LogP contribution < -0.4 is 5.73 Å². The van der Waals surface area contributed by atoms with Crippen molar-refractivity contribution in [2.45, 2.75) is 33.1 Å². The number of nitrogens with one attached hydrogen (secondary N) is 1. The molecule has 16 heavy (non-hydrogen) atoms. The fourth-order valence-electron chi connectivity index (χ4n) is 2.92. The highest BCUT2D eigenvalue weighted by Crippen LogP contribution is 2.46. The van der Waals surface area contributed by atoms with Gasteiger partial charge in [-0.2, -0.15) is 4.98 Å². The number of aromatic amines is 1. The minimum Gasteiger partial charge on any atom is -0.348 e. The van der Waals surface area contributed by atoms with Crippen LogP contribution in [0.3, 0.4) is 0 Å². The summed E-state index contributed by atoms with van der Waals surface area (Å²) >= 11 is 4.85. The number of H-pyrrole nitrogens is 1. The number of rotatable bonds is 3. The predicted molar refractivity (Wildman–Crippen MR) is 64.4 cm³/mol. The van der Waals surface area contributed by atoms with Crippen LogP contribution in [0.2, 0.25) is 0 Å². The van der Waals surface area contributed by atoms with Gasteiger partial charge in [-0.05, 0) is 48.9 Å². The average Bonchev–Trinajstić information content (AvgIpc) is 2.74. The fraction of sp³-hybridized carbons (Fsp3) is 0.818. The molecule has 1 aliphatic rings. The van der Waals surface area contributed by atoms with Gasteiger partial charge in [0.05, 0.1) is 0 Å². The van der Waals surface area contributed by atoms with E-state index in [-0.39, 0.29) is 10.3 Å². The Morgan fingerprint density at radius 3 is 2.56 bits per heavy atom. The van der Waals surface area contributed by atoms with Crippen LogP contribution in [0, 0.1) is 22.1 Å². The van der Waals surface area contributed by atoms with E-state index >= 15 is 0 Å². The molecule has 90 valence electrons. The van der Waals surface area contributed by atoms with Crippen LogP contribution in [0.25, 0.3) is 0 Å². The molecule has 5 heteroatoms. The maximum atomic E-state index is 5.95. The van der Waals surface area contributed by atoms with E-state index in [9.17, 15) is 0 Å². The minimum atomic E-state index is 0.175. The van der Waals surface area contributed by atoms with E-state index in [2.05, 4.69) is 24.0 Å². The Morgan fingerprint density at radius 2 is 2.12 bits per heavy atom. The average molecular weight is 241 g/mol. The van der Waals surface area contributed by atoms with E-state index in [1.54, 1.807) is 0 Å². The van der Waals surface area contributed by atoms with Crippen molar-refractivity contribution in [1.82, 2.24) is 10.1 Å². The van der Waals surface area contributed by atoms with Gasteiger partial charge < -0.3 is 10.3 Å². The van der Waals surface area contributed by atoms with E-state index < -0.39 is 0 Å². The predicted octanol–water partition coefficient (Wildman–Crippen LogP) is 2.29. The Labute approximate surface area is 101 Å². The molecule has 1 aliphatic carbocycles. The maximum absolute atomic E-state index is 5.95. The first-order valence-corrected chi connectivity index (χ1v) is 6.20. The highest BCUT2D eigenvalue weighted by molar-refractivity contribution is 7.71. The van der Waals surface area contributed by atoms with Gasteiger partial charge in [-0.15, -0.1) is 0 Å². The van der Waals surface area contributed by atoms with Crippen LogP contribution in [0.4, 0.5) is 0 Å². The van der Waals surface area contributed by atoms with Gasteiger partial charge >= 0.3 is 4.84 Å². The largest absolute Gasteiger partial charge is 0.348 e. The highest BCUT2D eigenvalue weighted by Gasteiger charge is 2.41. The molecule has 4 nitrogen and oxygen atoms in total. The standard InChI is InChI=1S/C11H19N3OS/c1-7-3-11(6-12,4-8(7)2)5-9-13-10(16)15-14-9/h7-8H,3-6,12H2,1-2H3,(H,13,14,16)/t7-,8+,11?. The van der Waals surface area contributed by atoms with E-state index in [1.165, 1.54) is 0 Å². The van der Waals surface area contributed by atoms with E-state index in [0.29, 0.717) is 6.54 Å². The van der Waals surface area contributed by atoms with Crippen LogP contribution in [0.15, 0.2) is 4.52 Å². The Balaban J connectivity index is 2.14. The van der Waals surface area contributed by atoms with Gasteiger partial charge in [0.15, 0.2) is 0 Å². The molecule has 3 N–H and O–H groups in total. The van der Waals surface area contributed by atoms with E-state index in [0.717, 1.165) is 36.9 Å². The first-order chi connectivity index (χ1) is 7.54. The summed E-state index contributed by atoms with van der Waals surface area (Å²) in [6.07, 6.45) is 3.18. The minimum absolute atomic E-state index is 0.175. The molecule has 0 aromatic carbocycles. The Morgan fingerprint density at radius 1 is 1.50 bits per heavy atom. The molecule has 0 aliphatic heterocycles. The highest BCUT2D eigenvalue weighted by atomic mass is 32.1. The molecule has 1 unspecified atom stereocenters. The quantitative estimate of drug-likeness (QED) is 0.797. The van der Waals surface area contributed by atoms with Crippen LogP contribution >= 0.6 is 12.2 Å². The number of aromatic nitrogens is 2. The van der Waals surface area contributed by atoms with Gasteiger partial charge in [-0.3, -0.25) is 0 Å². The summed E-state index contributed by atoms with van der Waals surface area (Å²) in [4.78, 5) is 4.43. The molecule has 0 spiro atoms.